The van der Waals surface area contributed by atoms with Gasteiger partial charge in [-0.25, -0.2) is 23.1 Å². The number of fused-ring (bicyclic) bond motifs is 1. The van der Waals surface area contributed by atoms with Gasteiger partial charge in [-0.05, 0) is 38.6 Å². The van der Waals surface area contributed by atoms with Crippen molar-refractivity contribution >= 4 is 31.4 Å². The van der Waals surface area contributed by atoms with Crippen molar-refractivity contribution in [2.75, 3.05) is 18.6 Å². The van der Waals surface area contributed by atoms with Crippen LogP contribution in [0, 0.1) is 6.92 Å². The van der Waals surface area contributed by atoms with Gasteiger partial charge in [-0.15, -0.1) is 11.3 Å². The van der Waals surface area contributed by atoms with Crippen LogP contribution in [-0.2, 0) is 16.4 Å². The summed E-state index contributed by atoms with van der Waals surface area (Å²) in [6.45, 7) is 2.55. The minimum absolute atomic E-state index is 0.0433. The summed E-state index contributed by atoms with van der Waals surface area (Å²) in [6.07, 6.45) is 2.22. The highest BCUT2D eigenvalue weighted by atomic mass is 32.2. The van der Waals surface area contributed by atoms with Crippen LogP contribution in [0.5, 0.6) is 0 Å². The molecule has 0 aliphatic carbocycles. The summed E-state index contributed by atoms with van der Waals surface area (Å²) in [5, 5.41) is 5.39. The van der Waals surface area contributed by atoms with Crippen molar-refractivity contribution in [3.05, 3.63) is 35.4 Å². The molecule has 3 heterocycles. The molecule has 0 radical (unpaired) electrons. The lowest BCUT2D eigenvalue weighted by atomic mass is 10.2. The normalized spacial score (nSPS) is 19.9. The molecule has 0 N–H and O–H groups in total. The van der Waals surface area contributed by atoms with Gasteiger partial charge in [-0.3, -0.25) is 4.90 Å². The van der Waals surface area contributed by atoms with Crippen LogP contribution in [0.4, 0.5) is 0 Å². The average Bonchev–Trinajstić information content (AvgIpc) is 3.23. The lowest BCUT2D eigenvalue weighted by molar-refractivity contribution is 0.246. The Morgan fingerprint density at radius 2 is 2.24 bits per heavy atom. The van der Waals surface area contributed by atoms with E-state index in [0.29, 0.717) is 13.0 Å². The van der Waals surface area contributed by atoms with E-state index in [1.54, 1.807) is 11.3 Å². The minimum atomic E-state index is -2.89. The molecule has 1 fully saturated rings. The van der Waals surface area contributed by atoms with Gasteiger partial charge < -0.3 is 0 Å². The van der Waals surface area contributed by atoms with Gasteiger partial charge in [0.25, 0.3) is 0 Å². The number of benzene rings is 1. The van der Waals surface area contributed by atoms with E-state index >= 15 is 0 Å². The van der Waals surface area contributed by atoms with Gasteiger partial charge in [-0.1, -0.05) is 0 Å². The van der Waals surface area contributed by atoms with Gasteiger partial charge in [0.05, 0.1) is 39.0 Å². The number of aryl methyl sites for hydroxylation is 1. The molecule has 1 aromatic carbocycles. The molecule has 0 saturated carbocycles. The highest BCUT2D eigenvalue weighted by molar-refractivity contribution is 7.91. The maximum atomic E-state index is 11.7. The highest BCUT2D eigenvalue weighted by Gasteiger charge is 2.31. The number of rotatable bonds is 4. The Bertz CT molecular complexity index is 1020. The van der Waals surface area contributed by atoms with E-state index in [9.17, 15) is 8.42 Å². The van der Waals surface area contributed by atoms with Crippen LogP contribution < -0.4 is 0 Å². The number of hydrogen-bond acceptors (Lipinski definition) is 7. The van der Waals surface area contributed by atoms with Gasteiger partial charge in [0, 0.05) is 6.04 Å². The molecular formula is C16H19N5O2S2. The Morgan fingerprint density at radius 3 is 3.00 bits per heavy atom. The van der Waals surface area contributed by atoms with Gasteiger partial charge in [0.15, 0.2) is 9.84 Å². The molecule has 132 valence electrons. The summed E-state index contributed by atoms with van der Waals surface area (Å²) >= 11 is 1.65. The zero-order chi connectivity index (χ0) is 17.6. The highest BCUT2D eigenvalue weighted by Crippen LogP contribution is 2.25. The van der Waals surface area contributed by atoms with Crippen molar-refractivity contribution in [3.8, 4) is 5.69 Å². The molecule has 0 amide bonds. The van der Waals surface area contributed by atoms with Crippen LogP contribution in [0.15, 0.2) is 24.5 Å². The molecule has 0 spiro atoms. The summed E-state index contributed by atoms with van der Waals surface area (Å²) < 4.78 is 26.3. The lowest BCUT2D eigenvalue weighted by Gasteiger charge is -2.22. The van der Waals surface area contributed by atoms with Gasteiger partial charge in [-0.2, -0.15) is 5.10 Å². The van der Waals surface area contributed by atoms with Crippen LogP contribution in [0.2, 0.25) is 0 Å². The quantitative estimate of drug-likeness (QED) is 0.690. The van der Waals surface area contributed by atoms with Crippen LogP contribution in [0.25, 0.3) is 15.9 Å². The zero-order valence-electron chi connectivity index (χ0n) is 14.1. The van der Waals surface area contributed by atoms with Gasteiger partial charge in [0.1, 0.15) is 12.2 Å². The van der Waals surface area contributed by atoms with Crippen LogP contribution in [-0.4, -0.2) is 57.7 Å². The summed E-state index contributed by atoms with van der Waals surface area (Å²) in [6, 6.07) is 6.09. The molecule has 25 heavy (non-hydrogen) atoms. The lowest BCUT2D eigenvalue weighted by Crippen LogP contribution is -2.33. The predicted octanol–water partition coefficient (Wildman–Crippen LogP) is 1.80. The first kappa shape index (κ1) is 16.6. The molecule has 1 atom stereocenters. The Balaban J connectivity index is 1.59. The first-order chi connectivity index (χ1) is 11.9. The van der Waals surface area contributed by atoms with Crippen molar-refractivity contribution in [3.63, 3.8) is 0 Å². The molecule has 9 heteroatoms. The van der Waals surface area contributed by atoms with Crippen molar-refractivity contribution in [1.29, 1.82) is 0 Å². The Hall–Kier alpha value is -1.84. The zero-order valence-corrected chi connectivity index (χ0v) is 15.7. The Kier molecular flexibility index (Phi) is 4.09. The summed E-state index contributed by atoms with van der Waals surface area (Å²) in [5.74, 6) is 1.30. The fourth-order valence-corrected chi connectivity index (χ4v) is 5.89. The van der Waals surface area contributed by atoms with E-state index in [1.807, 2.05) is 30.8 Å². The third-order valence-electron chi connectivity index (χ3n) is 4.56. The SMILES string of the molecule is Cc1nc2ccc(-n3ncnc3CN(C)[C@@H]3CCS(=O)(=O)C3)cc2s1. The fourth-order valence-electron chi connectivity index (χ4n) is 3.22. The molecular weight excluding hydrogens is 358 g/mol. The number of aromatic nitrogens is 4. The largest absolute Gasteiger partial charge is 0.295 e. The van der Waals surface area contributed by atoms with E-state index in [4.69, 9.17) is 0 Å². The number of nitrogens with zero attached hydrogens (tertiary/aromatic N) is 5. The average molecular weight is 377 g/mol. The topological polar surface area (TPSA) is 81.0 Å². The number of hydrogen-bond donors (Lipinski definition) is 0. The molecule has 2 aromatic heterocycles. The molecule has 1 saturated heterocycles. The van der Waals surface area contributed by atoms with Crippen molar-refractivity contribution < 1.29 is 8.42 Å². The molecule has 3 aromatic rings. The van der Waals surface area contributed by atoms with Gasteiger partial charge in [0.2, 0.25) is 0 Å². The molecule has 1 aliphatic rings. The molecule has 7 nitrogen and oxygen atoms in total. The van der Waals surface area contributed by atoms with Gasteiger partial charge >= 0.3 is 0 Å². The summed E-state index contributed by atoms with van der Waals surface area (Å²) in [5.41, 5.74) is 1.93. The van der Waals surface area contributed by atoms with E-state index < -0.39 is 9.84 Å². The van der Waals surface area contributed by atoms with Crippen molar-refractivity contribution in [2.45, 2.75) is 25.9 Å². The van der Waals surface area contributed by atoms with E-state index in [0.717, 1.165) is 26.7 Å². The second kappa shape index (κ2) is 6.15. The first-order valence-corrected chi connectivity index (χ1v) is 10.7. The van der Waals surface area contributed by atoms with Crippen LogP contribution >= 0.6 is 11.3 Å². The fraction of sp³-hybridized carbons (Fsp3) is 0.438. The smallest absolute Gasteiger partial charge is 0.151 e. The molecule has 0 bridgehead atoms. The second-order valence-corrected chi connectivity index (χ2v) is 9.91. The Labute approximate surface area is 150 Å². The van der Waals surface area contributed by atoms with E-state index in [-0.39, 0.29) is 17.5 Å². The Morgan fingerprint density at radius 1 is 1.40 bits per heavy atom. The first-order valence-electron chi connectivity index (χ1n) is 8.08. The van der Waals surface area contributed by atoms with Crippen molar-refractivity contribution in [2.24, 2.45) is 0 Å². The monoisotopic (exact) mass is 377 g/mol. The summed E-state index contributed by atoms with van der Waals surface area (Å²) in [7, 11) is -0.949. The number of sulfone groups is 1. The summed E-state index contributed by atoms with van der Waals surface area (Å²) in [4.78, 5) is 10.9. The van der Waals surface area contributed by atoms with E-state index in [1.165, 1.54) is 6.33 Å². The predicted molar refractivity (Wildman–Crippen MR) is 97.8 cm³/mol. The minimum Gasteiger partial charge on any atom is -0.295 e. The second-order valence-electron chi connectivity index (χ2n) is 6.44. The molecule has 1 aliphatic heterocycles. The molecule has 0 unspecified atom stereocenters. The maximum absolute atomic E-state index is 11.7. The van der Waals surface area contributed by atoms with Crippen LogP contribution in [0.1, 0.15) is 17.3 Å². The standard InChI is InChI=1S/C16H19N5O2S2/c1-11-19-14-4-3-12(7-15(14)24-11)21-16(17-10-18-21)8-20(2)13-5-6-25(22,23)9-13/h3-4,7,10,13H,5-6,8-9H2,1-2H3/t13-/m1/s1. The van der Waals surface area contributed by atoms with Crippen molar-refractivity contribution in [1.82, 2.24) is 24.6 Å². The molecule has 4 rings (SSSR count). The number of thiazole rings is 1. The van der Waals surface area contributed by atoms with Crippen LogP contribution in [0.3, 0.4) is 0 Å². The maximum Gasteiger partial charge on any atom is 0.151 e. The third-order valence-corrected chi connectivity index (χ3v) is 7.25. The van der Waals surface area contributed by atoms with E-state index in [2.05, 4.69) is 26.0 Å². The third kappa shape index (κ3) is 3.31.